The molecule has 0 atom stereocenters. The third kappa shape index (κ3) is 4.45. The predicted molar refractivity (Wildman–Crippen MR) is 94.9 cm³/mol. The lowest BCUT2D eigenvalue weighted by Gasteiger charge is -2.18. The van der Waals surface area contributed by atoms with Gasteiger partial charge in [0.25, 0.3) is 0 Å². The molecule has 126 valence electrons. The second-order valence-corrected chi connectivity index (χ2v) is 7.54. The van der Waals surface area contributed by atoms with E-state index < -0.39 is 10.0 Å². The molecule has 5 heteroatoms. The van der Waals surface area contributed by atoms with Gasteiger partial charge in [0.05, 0.1) is 11.5 Å². The van der Waals surface area contributed by atoms with Gasteiger partial charge in [0.15, 0.2) is 0 Å². The second-order valence-electron chi connectivity index (χ2n) is 5.50. The lowest BCUT2D eigenvalue weighted by Crippen LogP contribution is -2.26. The molecule has 0 aliphatic heterocycles. The van der Waals surface area contributed by atoms with Crippen LogP contribution in [-0.2, 0) is 16.6 Å². The van der Waals surface area contributed by atoms with Gasteiger partial charge in [-0.1, -0.05) is 42.2 Å². The molecule has 4 nitrogen and oxygen atoms in total. The summed E-state index contributed by atoms with van der Waals surface area (Å²) in [5.41, 5.74) is 2.51. The molecule has 24 heavy (non-hydrogen) atoms. The van der Waals surface area contributed by atoms with E-state index in [-0.39, 0.29) is 11.5 Å². The number of nitrogens with zero attached hydrogens (tertiary/aromatic N) is 1. The van der Waals surface area contributed by atoms with Crippen LogP contribution in [-0.4, -0.2) is 31.5 Å². The normalized spacial score (nSPS) is 11.2. The summed E-state index contributed by atoms with van der Waals surface area (Å²) in [5, 5.41) is 8.76. The molecule has 0 aliphatic carbocycles. The largest absolute Gasteiger partial charge is 0.395 e. The van der Waals surface area contributed by atoms with Crippen LogP contribution in [0.5, 0.6) is 0 Å². The number of aliphatic hydroxyl groups excluding tert-OH is 1. The average Bonchev–Trinajstić information content (AvgIpc) is 2.57. The molecule has 1 N–H and O–H groups in total. The van der Waals surface area contributed by atoms with Gasteiger partial charge in [-0.15, -0.1) is 0 Å². The minimum atomic E-state index is -3.56. The van der Waals surface area contributed by atoms with E-state index in [4.69, 9.17) is 5.11 Å². The van der Waals surface area contributed by atoms with E-state index in [1.165, 1.54) is 4.31 Å². The van der Waals surface area contributed by atoms with Crippen molar-refractivity contribution in [2.75, 3.05) is 13.7 Å². The van der Waals surface area contributed by atoms with Gasteiger partial charge >= 0.3 is 0 Å². The quantitative estimate of drug-likeness (QED) is 0.849. The van der Waals surface area contributed by atoms with Crippen molar-refractivity contribution in [2.45, 2.75) is 24.8 Å². The smallest absolute Gasteiger partial charge is 0.243 e. The first-order valence-electron chi connectivity index (χ1n) is 7.66. The number of benzene rings is 2. The highest BCUT2D eigenvalue weighted by Gasteiger charge is 2.21. The summed E-state index contributed by atoms with van der Waals surface area (Å²) < 4.78 is 26.8. The van der Waals surface area contributed by atoms with Crippen LogP contribution in [0, 0.1) is 18.8 Å². The Kier molecular flexibility index (Phi) is 6.16. The molecule has 0 bridgehead atoms. The minimum absolute atomic E-state index is 0.0167. The summed E-state index contributed by atoms with van der Waals surface area (Å²) in [6, 6.07) is 14.4. The summed E-state index contributed by atoms with van der Waals surface area (Å²) in [6.45, 7) is 2.17. The maximum absolute atomic E-state index is 12.7. The molecule has 0 aromatic heterocycles. The summed E-state index contributed by atoms with van der Waals surface area (Å²) in [7, 11) is -1.98. The van der Waals surface area contributed by atoms with Crippen LogP contribution >= 0.6 is 0 Å². The molecule has 0 saturated carbocycles. The Bertz CT molecular complexity index is 849. The van der Waals surface area contributed by atoms with Crippen molar-refractivity contribution < 1.29 is 13.5 Å². The zero-order valence-corrected chi connectivity index (χ0v) is 14.7. The second kappa shape index (κ2) is 8.11. The van der Waals surface area contributed by atoms with Gasteiger partial charge in [0.2, 0.25) is 10.0 Å². The van der Waals surface area contributed by atoms with Crippen molar-refractivity contribution in [3.05, 3.63) is 65.2 Å². The summed E-state index contributed by atoms with van der Waals surface area (Å²) in [6.07, 6.45) is 0.402. The molecular weight excluding hydrogens is 322 g/mol. The van der Waals surface area contributed by atoms with Crippen LogP contribution in [0.1, 0.15) is 23.1 Å². The lowest BCUT2D eigenvalue weighted by molar-refractivity contribution is 0.305. The van der Waals surface area contributed by atoms with Gasteiger partial charge in [0, 0.05) is 25.6 Å². The van der Waals surface area contributed by atoms with E-state index in [0.29, 0.717) is 13.0 Å². The van der Waals surface area contributed by atoms with E-state index in [1.54, 1.807) is 25.2 Å². The number of hydrogen-bond acceptors (Lipinski definition) is 3. The van der Waals surface area contributed by atoms with Crippen LogP contribution in [0.3, 0.4) is 0 Å². The highest BCUT2D eigenvalue weighted by Crippen LogP contribution is 2.20. The van der Waals surface area contributed by atoms with Crippen LogP contribution < -0.4 is 0 Å². The SMILES string of the molecule is Cc1cc(S(=O)(=O)N(C)Cc2ccccc2)ccc1C#CCCO. The maximum Gasteiger partial charge on any atom is 0.243 e. The van der Waals surface area contributed by atoms with Crippen molar-refractivity contribution in [2.24, 2.45) is 0 Å². The molecule has 2 aromatic rings. The average molecular weight is 343 g/mol. The molecule has 0 fully saturated rings. The molecule has 0 unspecified atom stereocenters. The van der Waals surface area contributed by atoms with Gasteiger partial charge in [-0.05, 0) is 36.2 Å². The molecule has 0 heterocycles. The maximum atomic E-state index is 12.7. The van der Waals surface area contributed by atoms with Crippen LogP contribution in [0.2, 0.25) is 0 Å². The highest BCUT2D eigenvalue weighted by molar-refractivity contribution is 7.89. The monoisotopic (exact) mass is 343 g/mol. The summed E-state index contributed by atoms with van der Waals surface area (Å²) in [4.78, 5) is 0.256. The molecular formula is C19H21NO3S. The highest BCUT2D eigenvalue weighted by atomic mass is 32.2. The first-order chi connectivity index (χ1) is 11.4. The number of hydrogen-bond donors (Lipinski definition) is 1. The lowest BCUT2D eigenvalue weighted by atomic mass is 10.1. The van der Waals surface area contributed by atoms with E-state index in [9.17, 15) is 8.42 Å². The van der Waals surface area contributed by atoms with E-state index >= 15 is 0 Å². The standard InChI is InChI=1S/C19H21NO3S/c1-16-14-19(12-11-18(16)10-6-7-13-21)24(22,23)20(2)15-17-8-4-3-5-9-17/h3-5,8-9,11-12,14,21H,7,13,15H2,1-2H3. The van der Waals surface area contributed by atoms with Gasteiger partial charge < -0.3 is 5.11 Å². The Morgan fingerprint density at radius 2 is 1.83 bits per heavy atom. The van der Waals surface area contributed by atoms with Crippen LogP contribution in [0.4, 0.5) is 0 Å². The summed E-state index contributed by atoms with van der Waals surface area (Å²) >= 11 is 0. The summed E-state index contributed by atoms with van der Waals surface area (Å²) in [5.74, 6) is 5.79. The Morgan fingerprint density at radius 1 is 1.12 bits per heavy atom. The third-order valence-corrected chi connectivity index (χ3v) is 5.41. The van der Waals surface area contributed by atoms with Gasteiger partial charge in [-0.2, -0.15) is 4.31 Å². The van der Waals surface area contributed by atoms with Crippen molar-refractivity contribution >= 4 is 10.0 Å². The Labute approximate surface area is 143 Å². The van der Waals surface area contributed by atoms with Crippen molar-refractivity contribution in [1.29, 1.82) is 0 Å². The van der Waals surface area contributed by atoms with Crippen molar-refractivity contribution in [1.82, 2.24) is 4.31 Å². The topological polar surface area (TPSA) is 57.6 Å². The van der Waals surface area contributed by atoms with Crippen molar-refractivity contribution in [3.8, 4) is 11.8 Å². The Balaban J connectivity index is 2.23. The minimum Gasteiger partial charge on any atom is -0.395 e. The Morgan fingerprint density at radius 3 is 2.46 bits per heavy atom. The van der Waals surface area contributed by atoms with E-state index in [2.05, 4.69) is 11.8 Å². The number of aliphatic hydroxyl groups is 1. The first kappa shape index (κ1) is 18.2. The molecule has 2 aromatic carbocycles. The molecule has 0 aliphatic rings. The molecule has 0 saturated heterocycles. The van der Waals surface area contributed by atoms with E-state index in [1.807, 2.05) is 37.3 Å². The van der Waals surface area contributed by atoms with Gasteiger partial charge in [0.1, 0.15) is 0 Å². The van der Waals surface area contributed by atoms with E-state index in [0.717, 1.165) is 16.7 Å². The Hall–Kier alpha value is -2.13. The fourth-order valence-corrected chi connectivity index (χ4v) is 3.50. The zero-order chi connectivity index (χ0) is 17.6. The number of aryl methyl sites for hydroxylation is 1. The predicted octanol–water partition coefficient (Wildman–Crippen LogP) is 2.55. The fraction of sp³-hybridized carbons (Fsp3) is 0.263. The zero-order valence-electron chi connectivity index (χ0n) is 13.9. The van der Waals surface area contributed by atoms with Crippen LogP contribution in [0.25, 0.3) is 0 Å². The molecule has 2 rings (SSSR count). The van der Waals surface area contributed by atoms with Crippen LogP contribution in [0.15, 0.2) is 53.4 Å². The van der Waals surface area contributed by atoms with Gasteiger partial charge in [-0.3, -0.25) is 0 Å². The third-order valence-electron chi connectivity index (χ3n) is 3.61. The molecule has 0 amide bonds. The number of sulfonamides is 1. The van der Waals surface area contributed by atoms with Crippen molar-refractivity contribution in [3.63, 3.8) is 0 Å². The number of rotatable bonds is 5. The molecule has 0 radical (unpaired) electrons. The molecule has 0 spiro atoms. The first-order valence-corrected chi connectivity index (χ1v) is 9.10. The fourth-order valence-electron chi connectivity index (χ4n) is 2.26. The van der Waals surface area contributed by atoms with Gasteiger partial charge in [-0.25, -0.2) is 8.42 Å².